The maximum Gasteiger partial charge on any atom is 0.145 e. The summed E-state index contributed by atoms with van der Waals surface area (Å²) in [6.45, 7) is 3.48. The molecule has 1 aromatic rings. The van der Waals surface area contributed by atoms with Crippen molar-refractivity contribution in [3.05, 3.63) is 23.3 Å². The Labute approximate surface area is 79.2 Å². The first-order valence-corrected chi connectivity index (χ1v) is 4.65. The largest absolute Gasteiger partial charge is 0.740 e. The molecular weight excluding hydrogens is 190 g/mol. The van der Waals surface area contributed by atoms with Crippen LogP contribution in [0.4, 0.5) is 5.69 Å². The molecule has 1 atom stereocenters. The fourth-order valence-electron chi connectivity index (χ4n) is 1.18. The molecule has 72 valence electrons. The summed E-state index contributed by atoms with van der Waals surface area (Å²) < 4.78 is 25.2. The molecule has 0 saturated heterocycles. The molecule has 0 saturated carbocycles. The molecule has 13 heavy (non-hydrogen) atoms. The van der Waals surface area contributed by atoms with Crippen molar-refractivity contribution < 1.29 is 12.9 Å². The number of nitrogens with two attached hydrogens (primary N) is 1. The molecule has 1 aromatic carbocycles. The van der Waals surface area contributed by atoms with E-state index < -0.39 is 11.4 Å². The molecule has 0 heterocycles. The van der Waals surface area contributed by atoms with Crippen LogP contribution in [0.3, 0.4) is 0 Å². The van der Waals surface area contributed by atoms with Crippen LogP contribution in [0.15, 0.2) is 12.1 Å². The van der Waals surface area contributed by atoms with Gasteiger partial charge in [-0.15, -0.1) is 0 Å². The zero-order chi connectivity index (χ0) is 10.0. The van der Waals surface area contributed by atoms with Crippen LogP contribution >= 0.6 is 0 Å². The summed E-state index contributed by atoms with van der Waals surface area (Å²) in [4.78, 5) is 0. The van der Waals surface area contributed by atoms with Gasteiger partial charge in [0.1, 0.15) is 17.1 Å². The number of rotatable bonds is 2. The quantitative estimate of drug-likeness (QED) is 0.572. The molecule has 0 bridgehead atoms. The second-order valence-electron chi connectivity index (χ2n) is 2.77. The molecule has 0 amide bonds. The van der Waals surface area contributed by atoms with Gasteiger partial charge in [0.05, 0.1) is 0 Å². The second-order valence-corrected chi connectivity index (χ2v) is 3.35. The van der Waals surface area contributed by atoms with E-state index in [0.717, 1.165) is 0 Å². The molecule has 5 heteroatoms. The number of aryl methyl sites for hydroxylation is 2. The average molecular weight is 200 g/mol. The van der Waals surface area contributed by atoms with Gasteiger partial charge in [0.15, 0.2) is 0 Å². The van der Waals surface area contributed by atoms with Crippen LogP contribution in [0.5, 0.6) is 5.75 Å². The van der Waals surface area contributed by atoms with Crippen molar-refractivity contribution in [1.29, 1.82) is 0 Å². The van der Waals surface area contributed by atoms with E-state index in [1.807, 2.05) is 0 Å². The van der Waals surface area contributed by atoms with Crippen LogP contribution in [0.2, 0.25) is 0 Å². The van der Waals surface area contributed by atoms with Crippen LogP contribution < -0.4 is 9.92 Å². The molecule has 1 rings (SSSR count). The molecule has 2 N–H and O–H groups in total. The van der Waals surface area contributed by atoms with E-state index in [0.29, 0.717) is 22.6 Å². The van der Waals surface area contributed by atoms with Crippen molar-refractivity contribution in [2.75, 3.05) is 5.73 Å². The summed E-state index contributed by atoms with van der Waals surface area (Å²) in [5.74, 6) is 0.350. The van der Waals surface area contributed by atoms with E-state index in [1.54, 1.807) is 26.0 Å². The molecule has 0 aliphatic heterocycles. The van der Waals surface area contributed by atoms with E-state index >= 15 is 0 Å². The van der Waals surface area contributed by atoms with Crippen LogP contribution in [0, 0.1) is 13.8 Å². The lowest BCUT2D eigenvalue weighted by molar-refractivity contribution is 0.437. The summed E-state index contributed by atoms with van der Waals surface area (Å²) in [7, 11) is 0. The molecule has 0 fully saturated rings. The van der Waals surface area contributed by atoms with Crippen molar-refractivity contribution in [3.8, 4) is 5.75 Å². The maximum absolute atomic E-state index is 10.3. The third-order valence-electron chi connectivity index (χ3n) is 1.63. The van der Waals surface area contributed by atoms with E-state index in [1.165, 1.54) is 0 Å². The molecule has 1 unspecified atom stereocenters. The minimum atomic E-state index is -2.53. The highest BCUT2D eigenvalue weighted by molar-refractivity contribution is 7.74. The lowest BCUT2D eigenvalue weighted by Gasteiger charge is -2.12. The Balaban J connectivity index is 3.13. The minimum Gasteiger partial charge on any atom is -0.740 e. The molecule has 0 aromatic heterocycles. The Bertz CT molecular complexity index is 328. The molecule has 0 aliphatic rings. The van der Waals surface area contributed by atoms with Crippen molar-refractivity contribution in [2.45, 2.75) is 13.8 Å². The molecule has 0 aliphatic carbocycles. The van der Waals surface area contributed by atoms with E-state index in [9.17, 15) is 8.76 Å². The molecule has 0 spiro atoms. The standard InChI is InChI=1S/C8H11NO3S/c1-5-3-7(9)4-6(2)8(5)12-13(10)11/h3-4H,9H2,1-2H3,(H,10,11)/p-1. The third-order valence-corrected chi connectivity index (χ3v) is 1.94. The lowest BCUT2D eigenvalue weighted by Crippen LogP contribution is -2.02. The van der Waals surface area contributed by atoms with Crippen molar-refractivity contribution in [2.24, 2.45) is 0 Å². The summed E-state index contributed by atoms with van der Waals surface area (Å²) in [5.41, 5.74) is 7.57. The topological polar surface area (TPSA) is 75.4 Å². The van der Waals surface area contributed by atoms with Crippen LogP contribution in [0.1, 0.15) is 11.1 Å². The van der Waals surface area contributed by atoms with Gasteiger partial charge in [0.25, 0.3) is 0 Å². The highest BCUT2D eigenvalue weighted by Gasteiger charge is 2.05. The minimum absolute atomic E-state index is 0.350. The SMILES string of the molecule is Cc1cc(N)cc(C)c1OS(=O)[O-]. The van der Waals surface area contributed by atoms with Gasteiger partial charge in [-0.1, -0.05) is 0 Å². The molecular formula is C8H10NO3S-. The number of hydrogen-bond donors (Lipinski definition) is 1. The Hall–Kier alpha value is -1.07. The van der Waals surface area contributed by atoms with Gasteiger partial charge in [-0.25, -0.2) is 4.21 Å². The van der Waals surface area contributed by atoms with E-state index in [-0.39, 0.29) is 0 Å². The monoisotopic (exact) mass is 200 g/mol. The first-order valence-electron chi connectivity index (χ1n) is 3.65. The van der Waals surface area contributed by atoms with Gasteiger partial charge in [0, 0.05) is 5.69 Å². The van der Waals surface area contributed by atoms with Gasteiger partial charge in [-0.2, -0.15) is 0 Å². The first-order chi connectivity index (χ1) is 6.00. The summed E-state index contributed by atoms with van der Waals surface area (Å²) in [6, 6.07) is 3.32. The van der Waals surface area contributed by atoms with Gasteiger partial charge in [-0.3, -0.25) is 0 Å². The fraction of sp³-hybridized carbons (Fsp3) is 0.250. The van der Waals surface area contributed by atoms with Crippen molar-refractivity contribution >= 4 is 17.0 Å². The zero-order valence-electron chi connectivity index (χ0n) is 7.37. The second kappa shape index (κ2) is 3.76. The van der Waals surface area contributed by atoms with Crippen molar-refractivity contribution in [1.82, 2.24) is 0 Å². The smallest absolute Gasteiger partial charge is 0.145 e. The third kappa shape index (κ3) is 2.43. The van der Waals surface area contributed by atoms with E-state index in [4.69, 9.17) is 5.73 Å². The summed E-state index contributed by atoms with van der Waals surface area (Å²) >= 11 is -2.53. The van der Waals surface area contributed by atoms with Gasteiger partial charge in [0.2, 0.25) is 0 Å². The van der Waals surface area contributed by atoms with Crippen LogP contribution in [-0.4, -0.2) is 8.76 Å². The average Bonchev–Trinajstić information content (AvgIpc) is 1.96. The van der Waals surface area contributed by atoms with E-state index in [2.05, 4.69) is 4.18 Å². The fourth-order valence-corrected chi connectivity index (χ4v) is 1.58. The van der Waals surface area contributed by atoms with Crippen molar-refractivity contribution in [3.63, 3.8) is 0 Å². The highest BCUT2D eigenvalue weighted by Crippen LogP contribution is 2.26. The molecule has 0 radical (unpaired) electrons. The Morgan fingerprint density at radius 3 is 2.23 bits per heavy atom. The maximum atomic E-state index is 10.3. The Morgan fingerprint density at radius 1 is 1.38 bits per heavy atom. The lowest BCUT2D eigenvalue weighted by atomic mass is 10.1. The van der Waals surface area contributed by atoms with Gasteiger partial charge < -0.3 is 14.5 Å². The number of hydrogen-bond acceptors (Lipinski definition) is 4. The number of anilines is 1. The summed E-state index contributed by atoms with van der Waals surface area (Å²) in [6.07, 6.45) is 0. The number of benzene rings is 1. The van der Waals surface area contributed by atoms with Crippen LogP contribution in [-0.2, 0) is 11.4 Å². The predicted molar refractivity (Wildman–Crippen MR) is 49.9 cm³/mol. The van der Waals surface area contributed by atoms with Gasteiger partial charge in [-0.05, 0) is 37.1 Å². The number of nitrogen functional groups attached to an aromatic ring is 1. The van der Waals surface area contributed by atoms with Crippen LogP contribution in [0.25, 0.3) is 0 Å². The summed E-state index contributed by atoms with van der Waals surface area (Å²) in [5, 5.41) is 0. The first kappa shape index (κ1) is 10.0. The predicted octanol–water partition coefficient (Wildman–Crippen LogP) is 1.06. The highest BCUT2D eigenvalue weighted by atomic mass is 32.2. The van der Waals surface area contributed by atoms with Gasteiger partial charge >= 0.3 is 0 Å². The molecule has 4 nitrogen and oxygen atoms in total. The zero-order valence-corrected chi connectivity index (χ0v) is 8.18. The Morgan fingerprint density at radius 2 is 1.85 bits per heavy atom. The Kier molecular flexibility index (Phi) is 2.90. The normalized spacial score (nSPS) is 12.5.